The van der Waals surface area contributed by atoms with Gasteiger partial charge in [-0.15, -0.1) is 0 Å². The molecular formula is C20H13FN6. The predicted octanol–water partition coefficient (Wildman–Crippen LogP) is 3.73. The van der Waals surface area contributed by atoms with Gasteiger partial charge in [0.2, 0.25) is 0 Å². The molecule has 5 aromatic rings. The van der Waals surface area contributed by atoms with E-state index in [9.17, 15) is 4.39 Å². The highest BCUT2D eigenvalue weighted by molar-refractivity contribution is 6.02. The smallest absolute Gasteiger partial charge is 0.152 e. The van der Waals surface area contributed by atoms with E-state index in [1.165, 1.54) is 12.1 Å². The summed E-state index contributed by atoms with van der Waals surface area (Å²) in [6, 6.07) is 10.0. The van der Waals surface area contributed by atoms with Gasteiger partial charge in [-0.25, -0.2) is 19.3 Å². The van der Waals surface area contributed by atoms with Crippen LogP contribution in [-0.4, -0.2) is 24.3 Å². The molecule has 5 rings (SSSR count). The number of halogens is 1. The van der Waals surface area contributed by atoms with E-state index in [4.69, 9.17) is 5.73 Å². The third-order valence-corrected chi connectivity index (χ3v) is 4.44. The van der Waals surface area contributed by atoms with Crippen molar-refractivity contribution in [1.82, 2.24) is 24.3 Å². The number of imidazole rings is 1. The van der Waals surface area contributed by atoms with Gasteiger partial charge in [-0.1, -0.05) is 0 Å². The molecule has 0 aliphatic heterocycles. The summed E-state index contributed by atoms with van der Waals surface area (Å²) in [5.41, 5.74) is 11.2. The Morgan fingerprint density at radius 1 is 0.815 bits per heavy atom. The normalized spacial score (nSPS) is 11.3. The lowest BCUT2D eigenvalue weighted by Gasteiger charge is -2.14. The maximum Gasteiger partial charge on any atom is 0.152 e. The number of nitrogen functional groups attached to an aromatic ring is 1. The van der Waals surface area contributed by atoms with Crippen molar-refractivity contribution in [2.45, 2.75) is 0 Å². The SMILES string of the molecule is Nc1nc(-c2ccc(F)cc2)c(-c2ccc3nccn3c2)c2nccnc12. The average molecular weight is 356 g/mol. The number of benzene rings is 1. The maximum absolute atomic E-state index is 13.4. The fourth-order valence-electron chi connectivity index (χ4n) is 3.21. The van der Waals surface area contributed by atoms with Crippen LogP contribution in [0.15, 0.2) is 67.4 Å². The topological polar surface area (TPSA) is 82.0 Å². The molecule has 4 aromatic heterocycles. The Bertz CT molecular complexity index is 1290. The van der Waals surface area contributed by atoms with Crippen LogP contribution in [0.2, 0.25) is 0 Å². The van der Waals surface area contributed by atoms with E-state index in [0.717, 1.165) is 22.3 Å². The largest absolute Gasteiger partial charge is 0.382 e. The Morgan fingerprint density at radius 2 is 1.56 bits per heavy atom. The molecule has 130 valence electrons. The average Bonchev–Trinajstić information content (AvgIpc) is 3.16. The molecule has 1 aromatic carbocycles. The molecular weight excluding hydrogens is 343 g/mol. The first-order valence-electron chi connectivity index (χ1n) is 8.30. The Hall–Kier alpha value is -3.87. The number of nitrogens with two attached hydrogens (primary N) is 1. The lowest BCUT2D eigenvalue weighted by atomic mass is 9.98. The van der Waals surface area contributed by atoms with E-state index in [2.05, 4.69) is 19.9 Å². The quantitative estimate of drug-likeness (QED) is 0.521. The fourth-order valence-corrected chi connectivity index (χ4v) is 3.21. The molecule has 0 bridgehead atoms. The second kappa shape index (κ2) is 5.84. The molecule has 0 unspecified atom stereocenters. The first-order valence-corrected chi connectivity index (χ1v) is 8.30. The van der Waals surface area contributed by atoms with Crippen molar-refractivity contribution in [2.75, 3.05) is 5.73 Å². The third-order valence-electron chi connectivity index (χ3n) is 4.44. The zero-order valence-corrected chi connectivity index (χ0v) is 14.0. The number of nitrogens with zero attached hydrogens (tertiary/aromatic N) is 5. The third kappa shape index (κ3) is 2.48. The second-order valence-electron chi connectivity index (χ2n) is 6.09. The molecule has 0 spiro atoms. The van der Waals surface area contributed by atoms with E-state index >= 15 is 0 Å². The number of fused-ring (bicyclic) bond motifs is 2. The lowest BCUT2D eigenvalue weighted by Crippen LogP contribution is -2.01. The minimum absolute atomic E-state index is 0.282. The highest BCUT2D eigenvalue weighted by Gasteiger charge is 2.18. The summed E-state index contributed by atoms with van der Waals surface area (Å²) in [6.45, 7) is 0. The number of rotatable bonds is 2. The summed E-state index contributed by atoms with van der Waals surface area (Å²) in [5.74, 6) is -0.0291. The van der Waals surface area contributed by atoms with E-state index < -0.39 is 0 Å². The molecule has 0 radical (unpaired) electrons. The molecule has 0 atom stereocenters. The van der Waals surface area contributed by atoms with Crippen LogP contribution >= 0.6 is 0 Å². The van der Waals surface area contributed by atoms with Gasteiger partial charge in [-0.05, 0) is 36.4 Å². The summed E-state index contributed by atoms with van der Waals surface area (Å²) in [6.07, 6.45) is 8.76. The summed E-state index contributed by atoms with van der Waals surface area (Å²) in [7, 11) is 0. The van der Waals surface area contributed by atoms with Crippen LogP contribution < -0.4 is 5.73 Å². The predicted molar refractivity (Wildman–Crippen MR) is 101 cm³/mol. The fraction of sp³-hybridized carbons (Fsp3) is 0. The number of aromatic nitrogens is 5. The zero-order valence-electron chi connectivity index (χ0n) is 14.0. The van der Waals surface area contributed by atoms with Gasteiger partial charge >= 0.3 is 0 Å². The van der Waals surface area contributed by atoms with E-state index in [-0.39, 0.29) is 11.6 Å². The van der Waals surface area contributed by atoms with Crippen molar-refractivity contribution in [2.24, 2.45) is 0 Å². The van der Waals surface area contributed by atoms with E-state index in [1.54, 1.807) is 30.7 Å². The molecule has 0 saturated heterocycles. The molecule has 4 heterocycles. The van der Waals surface area contributed by atoms with Crippen LogP contribution in [0, 0.1) is 5.82 Å². The minimum Gasteiger partial charge on any atom is -0.382 e. The molecule has 0 aliphatic rings. The zero-order chi connectivity index (χ0) is 18.4. The van der Waals surface area contributed by atoms with Crippen LogP contribution in [0.25, 0.3) is 39.1 Å². The second-order valence-corrected chi connectivity index (χ2v) is 6.09. The molecule has 0 fully saturated rings. The van der Waals surface area contributed by atoms with Crippen molar-refractivity contribution in [3.05, 3.63) is 73.2 Å². The Balaban J connectivity index is 1.88. The number of hydrogen-bond donors (Lipinski definition) is 1. The molecule has 0 amide bonds. The van der Waals surface area contributed by atoms with E-state index in [1.807, 2.05) is 28.9 Å². The van der Waals surface area contributed by atoms with Crippen LogP contribution in [0.5, 0.6) is 0 Å². The van der Waals surface area contributed by atoms with Gasteiger partial charge in [0.25, 0.3) is 0 Å². The Kier molecular flexibility index (Phi) is 3.33. The van der Waals surface area contributed by atoms with Crippen LogP contribution in [-0.2, 0) is 0 Å². The highest BCUT2D eigenvalue weighted by atomic mass is 19.1. The maximum atomic E-state index is 13.4. The summed E-state index contributed by atoms with van der Waals surface area (Å²) < 4.78 is 15.3. The molecule has 2 N–H and O–H groups in total. The Morgan fingerprint density at radius 3 is 2.37 bits per heavy atom. The molecule has 7 heteroatoms. The standard InChI is InChI=1S/C20H13FN6/c21-14-4-1-12(2-5-14)17-16(13-3-6-15-23-9-10-27(15)11-13)18-19(20(22)26-17)25-8-7-24-18/h1-11H,(H2,22,26). The molecule has 0 saturated carbocycles. The summed E-state index contributed by atoms with van der Waals surface area (Å²) in [4.78, 5) is 17.7. The van der Waals surface area contributed by atoms with Crippen molar-refractivity contribution in [1.29, 1.82) is 0 Å². The van der Waals surface area contributed by atoms with Crippen molar-refractivity contribution in [3.8, 4) is 22.4 Å². The van der Waals surface area contributed by atoms with Gasteiger partial charge in [0.15, 0.2) is 5.82 Å². The van der Waals surface area contributed by atoms with Gasteiger partial charge in [-0.2, -0.15) is 0 Å². The van der Waals surface area contributed by atoms with Crippen molar-refractivity contribution < 1.29 is 4.39 Å². The van der Waals surface area contributed by atoms with Gasteiger partial charge in [0.1, 0.15) is 22.5 Å². The highest BCUT2D eigenvalue weighted by Crippen LogP contribution is 2.37. The van der Waals surface area contributed by atoms with Gasteiger partial charge < -0.3 is 10.1 Å². The molecule has 27 heavy (non-hydrogen) atoms. The van der Waals surface area contributed by atoms with Crippen molar-refractivity contribution >= 4 is 22.5 Å². The van der Waals surface area contributed by atoms with Gasteiger partial charge in [0.05, 0.1) is 5.69 Å². The van der Waals surface area contributed by atoms with Crippen LogP contribution in [0.4, 0.5) is 10.2 Å². The first kappa shape index (κ1) is 15.4. The minimum atomic E-state index is -0.311. The summed E-state index contributed by atoms with van der Waals surface area (Å²) in [5, 5.41) is 0. The molecule has 6 nitrogen and oxygen atoms in total. The number of pyridine rings is 2. The van der Waals surface area contributed by atoms with Crippen molar-refractivity contribution in [3.63, 3.8) is 0 Å². The monoisotopic (exact) mass is 356 g/mol. The summed E-state index contributed by atoms with van der Waals surface area (Å²) >= 11 is 0. The number of hydrogen-bond acceptors (Lipinski definition) is 5. The molecule has 0 aliphatic carbocycles. The number of anilines is 1. The first-order chi connectivity index (χ1) is 13.2. The van der Waals surface area contributed by atoms with Crippen LogP contribution in [0.1, 0.15) is 0 Å². The lowest BCUT2D eigenvalue weighted by molar-refractivity contribution is 0.628. The van der Waals surface area contributed by atoms with E-state index in [0.29, 0.717) is 16.7 Å². The van der Waals surface area contributed by atoms with Gasteiger partial charge in [0, 0.05) is 47.7 Å². The Labute approximate surface area is 153 Å². The van der Waals surface area contributed by atoms with Crippen LogP contribution in [0.3, 0.4) is 0 Å². The van der Waals surface area contributed by atoms with Gasteiger partial charge in [-0.3, -0.25) is 4.98 Å².